The summed E-state index contributed by atoms with van der Waals surface area (Å²) in [6.07, 6.45) is 3.80. The molecular weight excluding hydrogens is 302 g/mol. The molecule has 1 aromatic carbocycles. The van der Waals surface area contributed by atoms with E-state index in [9.17, 15) is 4.79 Å². The lowest BCUT2D eigenvalue weighted by Crippen LogP contribution is -2.15. The molecule has 0 saturated heterocycles. The Morgan fingerprint density at radius 3 is 2.25 bits per heavy atom. The Morgan fingerprint density at radius 1 is 0.833 bits per heavy atom. The van der Waals surface area contributed by atoms with E-state index in [4.69, 9.17) is 0 Å². The van der Waals surface area contributed by atoms with Gasteiger partial charge >= 0.3 is 0 Å². The van der Waals surface area contributed by atoms with E-state index in [-0.39, 0.29) is 5.91 Å². The van der Waals surface area contributed by atoms with Gasteiger partial charge in [-0.15, -0.1) is 10.2 Å². The minimum absolute atomic E-state index is 0.118. The zero-order chi connectivity index (χ0) is 16.6. The van der Waals surface area contributed by atoms with Gasteiger partial charge in [0.05, 0.1) is 6.42 Å². The predicted octanol–water partition coefficient (Wildman–Crippen LogP) is 2.66. The lowest BCUT2D eigenvalue weighted by molar-refractivity contribution is -0.115. The largest absolute Gasteiger partial charge is 0.365 e. The van der Waals surface area contributed by atoms with E-state index in [1.165, 1.54) is 0 Å². The van der Waals surface area contributed by atoms with Crippen molar-refractivity contribution in [3.05, 3.63) is 78.1 Å². The Morgan fingerprint density at radius 2 is 1.54 bits per heavy atom. The molecule has 0 atom stereocenters. The normalized spacial score (nSPS) is 10.2. The molecule has 0 aliphatic carbocycles. The molecule has 0 saturated carbocycles. The number of carbonyl (C=O) groups excluding carboxylic acids is 1. The third-order valence-electron chi connectivity index (χ3n) is 3.36. The molecule has 6 heteroatoms. The molecule has 3 aromatic rings. The van der Waals surface area contributed by atoms with Crippen molar-refractivity contribution in [1.82, 2.24) is 15.2 Å². The summed E-state index contributed by atoms with van der Waals surface area (Å²) in [7, 11) is 0. The molecule has 6 nitrogen and oxygen atoms in total. The van der Waals surface area contributed by atoms with Crippen LogP contribution in [0.1, 0.15) is 11.1 Å². The second kappa shape index (κ2) is 7.82. The molecule has 0 radical (unpaired) electrons. The number of benzene rings is 1. The molecule has 120 valence electrons. The van der Waals surface area contributed by atoms with Gasteiger partial charge in [-0.25, -0.2) is 0 Å². The summed E-state index contributed by atoms with van der Waals surface area (Å²) in [5, 5.41) is 14.0. The van der Waals surface area contributed by atoms with Crippen molar-refractivity contribution in [1.29, 1.82) is 0 Å². The number of carbonyl (C=O) groups is 1. The lowest BCUT2D eigenvalue weighted by atomic mass is 10.1. The van der Waals surface area contributed by atoms with Gasteiger partial charge in [-0.1, -0.05) is 30.3 Å². The number of hydrogen-bond acceptors (Lipinski definition) is 5. The molecule has 0 aliphatic rings. The predicted molar refractivity (Wildman–Crippen MR) is 92.4 cm³/mol. The highest BCUT2D eigenvalue weighted by Crippen LogP contribution is 2.09. The van der Waals surface area contributed by atoms with Crippen molar-refractivity contribution < 1.29 is 4.79 Å². The van der Waals surface area contributed by atoms with E-state index in [0.29, 0.717) is 24.6 Å². The SMILES string of the molecule is O=C(Cc1ccccc1)Nc1ccc(NCc2ccncc2)nn1. The molecule has 3 rings (SSSR count). The van der Waals surface area contributed by atoms with E-state index in [0.717, 1.165) is 11.1 Å². The third kappa shape index (κ3) is 4.61. The van der Waals surface area contributed by atoms with Crippen LogP contribution in [0.25, 0.3) is 0 Å². The van der Waals surface area contributed by atoms with Gasteiger partial charge < -0.3 is 10.6 Å². The van der Waals surface area contributed by atoms with Crippen LogP contribution in [0.5, 0.6) is 0 Å². The maximum atomic E-state index is 12.0. The van der Waals surface area contributed by atoms with Crippen molar-refractivity contribution in [2.45, 2.75) is 13.0 Å². The van der Waals surface area contributed by atoms with E-state index in [1.54, 1.807) is 24.5 Å². The van der Waals surface area contributed by atoms with Gasteiger partial charge in [-0.2, -0.15) is 0 Å². The fourth-order valence-electron chi connectivity index (χ4n) is 2.15. The van der Waals surface area contributed by atoms with Gasteiger partial charge in [0.1, 0.15) is 5.82 Å². The van der Waals surface area contributed by atoms with Crippen LogP contribution in [0.3, 0.4) is 0 Å². The van der Waals surface area contributed by atoms with Crippen LogP contribution < -0.4 is 10.6 Å². The number of hydrogen-bond donors (Lipinski definition) is 2. The van der Waals surface area contributed by atoms with Crippen molar-refractivity contribution in [3.63, 3.8) is 0 Å². The van der Waals surface area contributed by atoms with E-state index < -0.39 is 0 Å². The number of amides is 1. The van der Waals surface area contributed by atoms with Crippen molar-refractivity contribution in [3.8, 4) is 0 Å². The Balaban J connectivity index is 1.51. The highest BCUT2D eigenvalue weighted by Gasteiger charge is 2.05. The number of rotatable bonds is 6. The van der Waals surface area contributed by atoms with Gasteiger partial charge in [0, 0.05) is 18.9 Å². The molecule has 0 spiro atoms. The van der Waals surface area contributed by atoms with Crippen LogP contribution in [0.15, 0.2) is 67.0 Å². The quantitative estimate of drug-likeness (QED) is 0.730. The van der Waals surface area contributed by atoms with E-state index in [1.807, 2.05) is 42.5 Å². The molecular formula is C18H17N5O. The minimum Gasteiger partial charge on any atom is -0.365 e. The minimum atomic E-state index is -0.118. The average molecular weight is 319 g/mol. The number of aromatic nitrogens is 3. The monoisotopic (exact) mass is 319 g/mol. The molecule has 0 bridgehead atoms. The van der Waals surface area contributed by atoms with E-state index in [2.05, 4.69) is 25.8 Å². The Hall–Kier alpha value is -3.28. The molecule has 1 amide bonds. The highest BCUT2D eigenvalue weighted by atomic mass is 16.1. The molecule has 0 fully saturated rings. The first-order valence-electron chi connectivity index (χ1n) is 7.60. The molecule has 2 heterocycles. The maximum absolute atomic E-state index is 12.0. The summed E-state index contributed by atoms with van der Waals surface area (Å²) in [4.78, 5) is 16.0. The first-order valence-corrected chi connectivity index (χ1v) is 7.60. The topological polar surface area (TPSA) is 79.8 Å². The maximum Gasteiger partial charge on any atom is 0.229 e. The summed E-state index contributed by atoms with van der Waals surface area (Å²) in [5.74, 6) is 0.964. The summed E-state index contributed by atoms with van der Waals surface area (Å²) in [5.41, 5.74) is 2.06. The molecule has 2 N–H and O–H groups in total. The first-order chi connectivity index (χ1) is 11.8. The second-order valence-corrected chi connectivity index (χ2v) is 5.22. The Labute approximate surface area is 140 Å². The van der Waals surface area contributed by atoms with Gasteiger partial charge in [-0.05, 0) is 35.4 Å². The number of nitrogens with zero attached hydrogens (tertiary/aromatic N) is 3. The standard InChI is InChI=1S/C18H17N5O/c24-18(12-14-4-2-1-3-5-14)21-17-7-6-16(22-23-17)20-13-15-8-10-19-11-9-15/h1-11H,12-13H2,(H,20,22)(H,21,23,24). The fourth-order valence-corrected chi connectivity index (χ4v) is 2.15. The van der Waals surface area contributed by atoms with Crippen molar-refractivity contribution in [2.24, 2.45) is 0 Å². The fraction of sp³-hybridized carbons (Fsp3) is 0.111. The van der Waals surface area contributed by atoms with Crippen molar-refractivity contribution in [2.75, 3.05) is 10.6 Å². The smallest absolute Gasteiger partial charge is 0.229 e. The van der Waals surface area contributed by atoms with Gasteiger partial charge in [0.15, 0.2) is 5.82 Å². The summed E-state index contributed by atoms with van der Waals surface area (Å²) in [6.45, 7) is 0.636. The number of pyridine rings is 1. The number of anilines is 2. The summed E-state index contributed by atoms with van der Waals surface area (Å²) in [6, 6.07) is 16.9. The second-order valence-electron chi connectivity index (χ2n) is 5.22. The van der Waals surface area contributed by atoms with E-state index >= 15 is 0 Å². The first kappa shape index (κ1) is 15.6. The zero-order valence-electron chi connectivity index (χ0n) is 13.0. The Kier molecular flexibility index (Phi) is 5.09. The molecule has 0 aliphatic heterocycles. The summed E-state index contributed by atoms with van der Waals surface area (Å²) < 4.78 is 0. The average Bonchev–Trinajstić information content (AvgIpc) is 2.63. The van der Waals surface area contributed by atoms with Gasteiger partial charge in [-0.3, -0.25) is 9.78 Å². The van der Waals surface area contributed by atoms with Crippen LogP contribution >= 0.6 is 0 Å². The van der Waals surface area contributed by atoms with Gasteiger partial charge in [0.25, 0.3) is 0 Å². The van der Waals surface area contributed by atoms with Crippen LogP contribution in [0.2, 0.25) is 0 Å². The lowest BCUT2D eigenvalue weighted by Gasteiger charge is -2.07. The van der Waals surface area contributed by atoms with Crippen molar-refractivity contribution >= 4 is 17.5 Å². The zero-order valence-corrected chi connectivity index (χ0v) is 13.0. The van der Waals surface area contributed by atoms with Crippen LogP contribution in [0, 0.1) is 0 Å². The van der Waals surface area contributed by atoms with Gasteiger partial charge in [0.2, 0.25) is 5.91 Å². The van der Waals surface area contributed by atoms with Crippen LogP contribution in [-0.4, -0.2) is 21.1 Å². The summed E-state index contributed by atoms with van der Waals surface area (Å²) >= 11 is 0. The molecule has 2 aromatic heterocycles. The molecule has 24 heavy (non-hydrogen) atoms. The van der Waals surface area contributed by atoms with Crippen LogP contribution in [-0.2, 0) is 17.8 Å². The third-order valence-corrected chi connectivity index (χ3v) is 3.36. The highest BCUT2D eigenvalue weighted by molar-refractivity contribution is 5.91. The molecule has 0 unspecified atom stereocenters. The number of nitrogens with one attached hydrogen (secondary N) is 2. The Bertz CT molecular complexity index is 776. The van der Waals surface area contributed by atoms with Crippen LogP contribution in [0.4, 0.5) is 11.6 Å².